The van der Waals surface area contributed by atoms with Crippen molar-refractivity contribution in [3.05, 3.63) is 76.7 Å². The van der Waals surface area contributed by atoms with Gasteiger partial charge in [-0.2, -0.15) is 4.31 Å². The van der Waals surface area contributed by atoms with E-state index >= 15 is 0 Å². The maximum Gasteiger partial charge on any atom is 0.248 e. The average molecular weight is 502 g/mol. The van der Waals surface area contributed by atoms with Crippen molar-refractivity contribution in [2.24, 2.45) is 5.92 Å². The number of amides is 1. The van der Waals surface area contributed by atoms with E-state index in [0.717, 1.165) is 0 Å². The van der Waals surface area contributed by atoms with Gasteiger partial charge in [0.2, 0.25) is 15.9 Å². The van der Waals surface area contributed by atoms with E-state index in [-0.39, 0.29) is 40.9 Å². The van der Waals surface area contributed by atoms with Crippen LogP contribution in [0.15, 0.2) is 51.9 Å². The molecule has 1 amide bonds. The van der Waals surface area contributed by atoms with Crippen molar-refractivity contribution in [3.8, 4) is 0 Å². The zero-order valence-electron chi connectivity index (χ0n) is 19.3. The van der Waals surface area contributed by atoms with Gasteiger partial charge < -0.3 is 9.84 Å². The molecule has 0 atom stereocenters. The number of aromatic nitrogens is 1. The summed E-state index contributed by atoms with van der Waals surface area (Å²) >= 11 is 0. The minimum atomic E-state index is -3.96. The van der Waals surface area contributed by atoms with Crippen LogP contribution in [-0.4, -0.2) is 36.9 Å². The molecule has 0 unspecified atom stereocenters. The van der Waals surface area contributed by atoms with Crippen LogP contribution in [0.4, 0.5) is 14.5 Å². The molecule has 1 N–H and O–H groups in total. The van der Waals surface area contributed by atoms with Gasteiger partial charge in [-0.05, 0) is 62.6 Å². The van der Waals surface area contributed by atoms with Gasteiger partial charge in [0.05, 0.1) is 0 Å². The number of aryl methyl sites for hydroxylation is 2. The lowest BCUT2D eigenvalue weighted by atomic mass is 9.97. The molecule has 4 rings (SSSR count). The number of benzene rings is 2. The molecule has 3 aromatic rings. The molecule has 0 bridgehead atoms. The van der Waals surface area contributed by atoms with Gasteiger partial charge in [-0.1, -0.05) is 29.4 Å². The molecule has 7 nitrogen and oxygen atoms in total. The third kappa shape index (κ3) is 5.33. The number of sulfonamides is 1. The second-order valence-electron chi connectivity index (χ2n) is 8.45. The van der Waals surface area contributed by atoms with Crippen molar-refractivity contribution in [1.29, 1.82) is 0 Å². The molecule has 1 aliphatic heterocycles. The van der Waals surface area contributed by atoms with Gasteiger partial charge in [-0.3, -0.25) is 4.79 Å². The smallest absolute Gasteiger partial charge is 0.248 e. The highest BCUT2D eigenvalue weighted by molar-refractivity contribution is 7.89. The second kappa shape index (κ2) is 10.1. The maximum absolute atomic E-state index is 13.9. The van der Waals surface area contributed by atoms with Crippen LogP contribution in [-0.2, 0) is 14.8 Å². The number of nitrogens with zero attached hydrogens (tertiary/aromatic N) is 2. The number of carbonyl (C=O) groups excluding carboxylic acids is 1. The van der Waals surface area contributed by atoms with Gasteiger partial charge >= 0.3 is 0 Å². The number of carbonyl (C=O) groups is 1. The van der Waals surface area contributed by atoms with Crippen LogP contribution in [0, 0.1) is 31.4 Å². The number of rotatable bonds is 6. The molecule has 1 saturated heterocycles. The van der Waals surface area contributed by atoms with Crippen LogP contribution in [0.3, 0.4) is 0 Å². The Kier molecular flexibility index (Phi) is 7.13. The number of hydrogen-bond acceptors (Lipinski definition) is 5. The first kappa shape index (κ1) is 24.7. The largest absolute Gasteiger partial charge is 0.355 e. The van der Waals surface area contributed by atoms with E-state index in [1.807, 2.05) is 0 Å². The van der Waals surface area contributed by atoms with E-state index in [1.54, 1.807) is 37.3 Å². The van der Waals surface area contributed by atoms with E-state index in [2.05, 4.69) is 10.5 Å². The van der Waals surface area contributed by atoms with Gasteiger partial charge in [0, 0.05) is 30.3 Å². The fourth-order valence-electron chi connectivity index (χ4n) is 3.98. The quantitative estimate of drug-likeness (QED) is 0.525. The van der Waals surface area contributed by atoms with E-state index in [1.165, 1.54) is 35.5 Å². The van der Waals surface area contributed by atoms with Crippen molar-refractivity contribution in [2.45, 2.75) is 31.6 Å². The number of nitrogens with one attached hydrogen (secondary N) is 1. The van der Waals surface area contributed by atoms with Crippen LogP contribution >= 0.6 is 0 Å². The number of piperidine rings is 1. The molecule has 2 aromatic carbocycles. The van der Waals surface area contributed by atoms with E-state index in [0.29, 0.717) is 24.1 Å². The lowest BCUT2D eigenvalue weighted by molar-refractivity contribution is -0.120. The molecule has 2 heterocycles. The van der Waals surface area contributed by atoms with E-state index < -0.39 is 27.6 Å². The first-order chi connectivity index (χ1) is 16.7. The fourth-order valence-corrected chi connectivity index (χ4v) is 5.70. The van der Waals surface area contributed by atoms with Gasteiger partial charge in [0.15, 0.2) is 10.7 Å². The Morgan fingerprint density at radius 3 is 2.49 bits per heavy atom. The molecule has 35 heavy (non-hydrogen) atoms. The monoisotopic (exact) mass is 501 g/mol. The molecule has 1 aliphatic rings. The summed E-state index contributed by atoms with van der Waals surface area (Å²) < 4.78 is 61.0. The Morgan fingerprint density at radius 1 is 1.09 bits per heavy atom. The molecular formula is C25H25F2N3O4S. The summed E-state index contributed by atoms with van der Waals surface area (Å²) in [6.07, 6.45) is 3.43. The minimum Gasteiger partial charge on any atom is -0.355 e. The number of anilines is 1. The first-order valence-electron chi connectivity index (χ1n) is 11.1. The summed E-state index contributed by atoms with van der Waals surface area (Å²) in [4.78, 5) is 12.6. The zero-order chi connectivity index (χ0) is 25.2. The molecule has 10 heteroatoms. The van der Waals surface area contributed by atoms with Crippen LogP contribution in [0.1, 0.15) is 35.4 Å². The minimum absolute atomic E-state index is 0.00650. The van der Waals surface area contributed by atoms with Crippen LogP contribution in [0.25, 0.3) is 12.2 Å². The number of hydrogen-bond donors (Lipinski definition) is 1. The summed E-state index contributed by atoms with van der Waals surface area (Å²) in [5.41, 5.74) is 1.32. The first-order valence-corrected chi connectivity index (χ1v) is 12.6. The van der Waals surface area contributed by atoms with E-state index in [9.17, 15) is 22.0 Å². The number of halogens is 2. The van der Waals surface area contributed by atoms with Crippen molar-refractivity contribution in [3.63, 3.8) is 0 Å². The molecule has 184 valence electrons. The molecule has 0 saturated carbocycles. The fraction of sp³-hybridized carbons (Fsp3) is 0.280. The highest BCUT2D eigenvalue weighted by Gasteiger charge is 2.36. The van der Waals surface area contributed by atoms with E-state index in [4.69, 9.17) is 4.52 Å². The Hall–Kier alpha value is -3.37. The topological polar surface area (TPSA) is 92.5 Å². The van der Waals surface area contributed by atoms with Crippen LogP contribution in [0.5, 0.6) is 0 Å². The summed E-state index contributed by atoms with van der Waals surface area (Å²) in [6.45, 7) is 3.42. The van der Waals surface area contributed by atoms with Gasteiger partial charge in [-0.25, -0.2) is 17.2 Å². The molecule has 1 aromatic heterocycles. The van der Waals surface area contributed by atoms with Gasteiger partial charge in [-0.15, -0.1) is 0 Å². The third-order valence-electron chi connectivity index (χ3n) is 6.01. The molecular weight excluding hydrogens is 476 g/mol. The molecule has 0 spiro atoms. The van der Waals surface area contributed by atoms with Crippen molar-refractivity contribution < 1.29 is 26.5 Å². The molecule has 0 radical (unpaired) electrons. The van der Waals surface area contributed by atoms with Crippen LogP contribution in [0.2, 0.25) is 0 Å². The van der Waals surface area contributed by atoms with Crippen molar-refractivity contribution in [1.82, 2.24) is 9.46 Å². The second-order valence-corrected chi connectivity index (χ2v) is 10.3. The Morgan fingerprint density at radius 2 is 1.80 bits per heavy atom. The third-order valence-corrected chi connectivity index (χ3v) is 8.07. The highest BCUT2D eigenvalue weighted by atomic mass is 32.2. The molecule has 0 aliphatic carbocycles. The standard InChI is InChI=1S/C25H25F2N3O4S/c1-16-7-9-20(15-22(16)27)28-25(31)19-11-13-30(14-12-19)35(32,33)24-17(2)29-34-23(24)10-8-18-5-3-4-6-21(18)26/h3-10,15,19H,11-14H2,1-2H3,(H,28,31). The normalized spacial score (nSPS) is 15.5. The Bertz CT molecular complexity index is 1380. The zero-order valence-corrected chi connectivity index (χ0v) is 20.1. The maximum atomic E-state index is 13.9. The van der Waals surface area contributed by atoms with Crippen molar-refractivity contribution >= 4 is 33.8 Å². The highest BCUT2D eigenvalue weighted by Crippen LogP contribution is 2.30. The SMILES string of the molecule is Cc1ccc(NC(=O)C2CCN(S(=O)(=O)c3c(C)noc3C=Cc3ccccc3F)CC2)cc1F. The predicted octanol–water partition coefficient (Wildman–Crippen LogP) is 4.78. The Balaban J connectivity index is 1.45. The van der Waals surface area contributed by atoms with Gasteiger partial charge in [0.25, 0.3) is 0 Å². The summed E-state index contributed by atoms with van der Waals surface area (Å²) in [5.74, 6) is -1.53. The molecule has 1 fully saturated rings. The summed E-state index contributed by atoms with van der Waals surface area (Å²) in [7, 11) is -3.96. The lowest BCUT2D eigenvalue weighted by Gasteiger charge is -2.30. The van der Waals surface area contributed by atoms with Gasteiger partial charge in [0.1, 0.15) is 17.3 Å². The predicted molar refractivity (Wildman–Crippen MR) is 128 cm³/mol. The lowest BCUT2D eigenvalue weighted by Crippen LogP contribution is -2.41. The summed E-state index contributed by atoms with van der Waals surface area (Å²) in [5, 5.41) is 6.50. The van der Waals surface area contributed by atoms with Crippen LogP contribution < -0.4 is 5.32 Å². The van der Waals surface area contributed by atoms with Crippen molar-refractivity contribution in [2.75, 3.05) is 18.4 Å². The average Bonchev–Trinajstić information content (AvgIpc) is 3.22. The summed E-state index contributed by atoms with van der Waals surface area (Å²) in [6, 6.07) is 10.6. The Labute approximate surface area is 202 Å².